The van der Waals surface area contributed by atoms with E-state index in [2.05, 4.69) is 30.0 Å². The Labute approximate surface area is 192 Å². The molecule has 1 N–H and O–H groups in total. The van der Waals surface area contributed by atoms with E-state index in [-0.39, 0.29) is 5.95 Å². The van der Waals surface area contributed by atoms with Crippen molar-refractivity contribution >= 4 is 16.0 Å². The van der Waals surface area contributed by atoms with Crippen molar-refractivity contribution in [3.63, 3.8) is 0 Å². The summed E-state index contributed by atoms with van der Waals surface area (Å²) in [5.74, 6) is 0.568. The van der Waals surface area contributed by atoms with Crippen LogP contribution in [0.2, 0.25) is 0 Å². The third-order valence-electron chi connectivity index (χ3n) is 6.07. The van der Waals surface area contributed by atoms with Crippen molar-refractivity contribution in [1.29, 1.82) is 0 Å². The van der Waals surface area contributed by atoms with E-state index in [4.69, 9.17) is 9.47 Å². The smallest absolute Gasteiger partial charge is 0.239 e. The number of methoxy groups -OCH3 is 2. The quantitative estimate of drug-likeness (QED) is 0.461. The molecule has 0 amide bonds. The van der Waals surface area contributed by atoms with Crippen LogP contribution in [0.5, 0.6) is 5.88 Å². The maximum atomic E-state index is 13.3. The van der Waals surface area contributed by atoms with Crippen LogP contribution in [0.1, 0.15) is 38.3 Å². The number of anilines is 1. The van der Waals surface area contributed by atoms with E-state index in [9.17, 15) is 8.42 Å². The minimum Gasteiger partial charge on any atom is -0.480 e. The zero-order chi connectivity index (χ0) is 23.8. The van der Waals surface area contributed by atoms with E-state index >= 15 is 0 Å². The summed E-state index contributed by atoms with van der Waals surface area (Å²) in [6.07, 6.45) is 6.43. The van der Waals surface area contributed by atoms with Crippen molar-refractivity contribution in [2.45, 2.75) is 43.4 Å². The number of aryl methyl sites for hydroxylation is 1. The minimum absolute atomic E-state index is 0.144. The Hall–Kier alpha value is -3.06. The van der Waals surface area contributed by atoms with Gasteiger partial charge in [-0.1, -0.05) is 6.92 Å². The maximum Gasteiger partial charge on any atom is 0.239 e. The number of sulfonamides is 1. The Balaban J connectivity index is 1.65. The van der Waals surface area contributed by atoms with Crippen molar-refractivity contribution in [2.24, 2.45) is 7.05 Å². The molecule has 178 valence electrons. The molecule has 0 saturated heterocycles. The van der Waals surface area contributed by atoms with Crippen LogP contribution in [0, 0.1) is 0 Å². The lowest BCUT2D eigenvalue weighted by atomic mass is 10.1. The Morgan fingerprint density at radius 1 is 1.18 bits per heavy atom. The highest BCUT2D eigenvalue weighted by Gasteiger charge is 2.49. The van der Waals surface area contributed by atoms with Gasteiger partial charge in [0, 0.05) is 26.3 Å². The molecule has 3 aromatic rings. The van der Waals surface area contributed by atoms with Gasteiger partial charge in [-0.2, -0.15) is 5.10 Å². The van der Waals surface area contributed by atoms with Gasteiger partial charge < -0.3 is 9.47 Å². The molecule has 1 aliphatic carbocycles. The van der Waals surface area contributed by atoms with Crippen molar-refractivity contribution < 1.29 is 17.9 Å². The summed E-state index contributed by atoms with van der Waals surface area (Å²) in [7, 11) is 1.07. The average Bonchev–Trinajstić information content (AvgIpc) is 3.24. The third-order valence-corrected chi connectivity index (χ3v) is 7.93. The molecule has 0 spiro atoms. The van der Waals surface area contributed by atoms with Gasteiger partial charge in [-0.05, 0) is 25.8 Å². The molecule has 1 aliphatic rings. The molecule has 0 bridgehead atoms. The van der Waals surface area contributed by atoms with Gasteiger partial charge in [-0.15, -0.1) is 10.2 Å². The number of rotatable bonds is 10. The topological polar surface area (TPSA) is 139 Å². The fraction of sp³-hybridized carbons (Fsp3) is 0.550. The molecular formula is C20H28N8O4S. The lowest BCUT2D eigenvalue weighted by Crippen LogP contribution is -2.33. The largest absolute Gasteiger partial charge is 0.480 e. The van der Waals surface area contributed by atoms with Gasteiger partial charge in [0.1, 0.15) is 5.69 Å². The first-order chi connectivity index (χ1) is 15.7. The first kappa shape index (κ1) is 23.1. The Morgan fingerprint density at radius 2 is 1.94 bits per heavy atom. The summed E-state index contributed by atoms with van der Waals surface area (Å²) >= 11 is 0. The molecule has 3 heterocycles. The molecule has 33 heavy (non-hydrogen) atoms. The van der Waals surface area contributed by atoms with Gasteiger partial charge in [0.05, 0.1) is 42.6 Å². The zero-order valence-electron chi connectivity index (χ0n) is 19.3. The first-order valence-electron chi connectivity index (χ1n) is 10.5. The first-order valence-corrected chi connectivity index (χ1v) is 12.1. The molecule has 3 aromatic heterocycles. The van der Waals surface area contributed by atoms with Crippen LogP contribution in [-0.4, -0.2) is 69.0 Å². The van der Waals surface area contributed by atoms with E-state index in [0.717, 1.165) is 12.8 Å². The van der Waals surface area contributed by atoms with Gasteiger partial charge in [0.2, 0.25) is 21.9 Å². The van der Waals surface area contributed by atoms with Gasteiger partial charge in [-0.3, -0.25) is 19.0 Å². The van der Waals surface area contributed by atoms with E-state index in [1.54, 1.807) is 43.5 Å². The molecule has 12 nitrogen and oxygen atoms in total. The molecule has 0 aliphatic heterocycles. The van der Waals surface area contributed by atoms with E-state index in [1.165, 1.54) is 19.5 Å². The monoisotopic (exact) mass is 476 g/mol. The number of hydrogen-bond acceptors (Lipinski definition) is 9. The third kappa shape index (κ3) is 4.42. The standard InChI is InChI=1S/C20H28N8O4S/c1-13(16-10-22-17(32-5)11-21-16)14(2)33(29,30)26-19-24-23-18(15-6-9-27(3)25-15)28(19)20(7-8-20)12-31-4/h6,9-11,13-14H,7-8,12H2,1-5H3,(H,24,26)/t13-,14-/m0/s1. The molecular weight excluding hydrogens is 448 g/mol. The Bertz CT molecular complexity index is 1220. The van der Waals surface area contributed by atoms with Crippen molar-refractivity contribution in [1.82, 2.24) is 34.5 Å². The summed E-state index contributed by atoms with van der Waals surface area (Å²) in [6.45, 7) is 3.83. The van der Waals surface area contributed by atoms with Crippen LogP contribution < -0.4 is 9.46 Å². The predicted molar refractivity (Wildman–Crippen MR) is 120 cm³/mol. The summed E-state index contributed by atoms with van der Waals surface area (Å²) in [5.41, 5.74) is 0.731. The van der Waals surface area contributed by atoms with E-state index < -0.39 is 26.7 Å². The van der Waals surface area contributed by atoms with Gasteiger partial charge >= 0.3 is 0 Å². The predicted octanol–water partition coefficient (Wildman–Crippen LogP) is 1.55. The molecule has 13 heteroatoms. The maximum absolute atomic E-state index is 13.3. The van der Waals surface area contributed by atoms with Crippen LogP contribution in [-0.2, 0) is 27.3 Å². The minimum atomic E-state index is -3.85. The van der Waals surface area contributed by atoms with Crippen LogP contribution in [0.25, 0.3) is 11.5 Å². The fourth-order valence-electron chi connectivity index (χ4n) is 3.74. The molecule has 4 rings (SSSR count). The number of nitrogens with zero attached hydrogens (tertiary/aromatic N) is 7. The van der Waals surface area contributed by atoms with Crippen LogP contribution in [0.15, 0.2) is 24.7 Å². The van der Waals surface area contributed by atoms with Crippen LogP contribution in [0.4, 0.5) is 5.95 Å². The second kappa shape index (κ2) is 8.71. The number of hydrogen-bond donors (Lipinski definition) is 1. The van der Waals surface area contributed by atoms with Crippen LogP contribution >= 0.6 is 0 Å². The molecule has 0 radical (unpaired) electrons. The lowest BCUT2D eigenvalue weighted by Gasteiger charge is -2.23. The van der Waals surface area contributed by atoms with Gasteiger partial charge in [0.25, 0.3) is 0 Å². The Kier molecular flexibility index (Phi) is 6.10. The summed E-state index contributed by atoms with van der Waals surface area (Å²) in [5, 5.41) is 12.1. The highest BCUT2D eigenvalue weighted by molar-refractivity contribution is 7.93. The number of nitrogens with one attached hydrogen (secondary N) is 1. The second-order valence-corrected chi connectivity index (χ2v) is 10.4. The summed E-state index contributed by atoms with van der Waals surface area (Å²) in [4.78, 5) is 8.42. The number of ether oxygens (including phenoxy) is 2. The molecule has 1 fully saturated rings. The molecule has 0 aromatic carbocycles. The average molecular weight is 477 g/mol. The van der Waals surface area contributed by atoms with Crippen LogP contribution in [0.3, 0.4) is 0 Å². The summed E-state index contributed by atoms with van der Waals surface area (Å²) < 4.78 is 43.2. The van der Waals surface area contributed by atoms with Crippen molar-refractivity contribution in [3.05, 3.63) is 30.4 Å². The SMILES string of the molecule is COCC1(n2c(NS(=O)(=O)[C@@H](C)[C@H](C)c3cnc(OC)cn3)nnc2-c2ccn(C)n2)CC1. The Morgan fingerprint density at radius 3 is 2.48 bits per heavy atom. The van der Waals surface area contributed by atoms with Crippen molar-refractivity contribution in [3.8, 4) is 17.4 Å². The normalized spacial score (nSPS) is 16.9. The fourth-order valence-corrected chi connectivity index (χ4v) is 4.99. The van der Waals surface area contributed by atoms with E-state index in [1.807, 2.05) is 6.07 Å². The van der Waals surface area contributed by atoms with Gasteiger partial charge in [0.15, 0.2) is 5.82 Å². The summed E-state index contributed by atoms with van der Waals surface area (Å²) in [6, 6.07) is 1.81. The molecule has 2 atom stereocenters. The number of aromatic nitrogens is 7. The van der Waals surface area contributed by atoms with E-state index in [0.29, 0.717) is 29.7 Å². The highest BCUT2D eigenvalue weighted by Crippen LogP contribution is 2.47. The molecule has 0 unspecified atom stereocenters. The van der Waals surface area contributed by atoms with Crippen molar-refractivity contribution in [2.75, 3.05) is 25.5 Å². The molecule has 1 saturated carbocycles. The lowest BCUT2D eigenvalue weighted by molar-refractivity contribution is 0.145. The van der Waals surface area contributed by atoms with Gasteiger partial charge in [-0.25, -0.2) is 13.4 Å². The zero-order valence-corrected chi connectivity index (χ0v) is 20.1. The second-order valence-electron chi connectivity index (χ2n) is 8.34. The highest BCUT2D eigenvalue weighted by atomic mass is 32.2.